The highest BCUT2D eigenvalue weighted by Gasteiger charge is 2.33. The minimum absolute atomic E-state index is 0.0378. The monoisotopic (exact) mass is 292 g/mol. The van der Waals surface area contributed by atoms with Crippen LogP contribution in [0.3, 0.4) is 0 Å². The smallest absolute Gasteiger partial charge is 0.384 e. The minimum atomic E-state index is -4.50. The quantitative estimate of drug-likeness (QED) is 0.809. The fraction of sp³-hybridized carbons (Fsp3) is 0.667. The number of nitrogens with zero attached hydrogens (tertiary/aromatic N) is 2. The first-order valence-corrected chi connectivity index (χ1v) is 6.29. The van der Waals surface area contributed by atoms with Crippen molar-refractivity contribution in [3.8, 4) is 0 Å². The predicted octanol–water partition coefficient (Wildman–Crippen LogP) is 2.62. The van der Waals surface area contributed by atoms with Gasteiger partial charge in [-0.25, -0.2) is 4.98 Å². The molecule has 5 nitrogen and oxygen atoms in total. The zero-order valence-electron chi connectivity index (χ0n) is 11.7. The Labute approximate surface area is 116 Å². The van der Waals surface area contributed by atoms with Crippen molar-refractivity contribution in [1.29, 1.82) is 0 Å². The normalized spacial score (nSPS) is 13.1. The summed E-state index contributed by atoms with van der Waals surface area (Å²) in [5.74, 6) is 0.266. The molecule has 0 aromatic carbocycles. The van der Waals surface area contributed by atoms with E-state index in [9.17, 15) is 13.2 Å². The zero-order chi connectivity index (χ0) is 15.2. The number of rotatable bonds is 7. The molecule has 8 heteroatoms. The van der Waals surface area contributed by atoms with E-state index >= 15 is 0 Å². The molecular weight excluding hydrogens is 273 g/mol. The van der Waals surface area contributed by atoms with Crippen molar-refractivity contribution < 1.29 is 17.9 Å². The summed E-state index contributed by atoms with van der Waals surface area (Å²) in [5.41, 5.74) is -0.967. The topological polar surface area (TPSA) is 59.1 Å². The molecule has 1 aromatic rings. The molecular formula is C12H19F3N4O. The molecule has 1 atom stereocenters. The van der Waals surface area contributed by atoms with Gasteiger partial charge in [-0.15, -0.1) is 0 Å². The van der Waals surface area contributed by atoms with E-state index in [1.54, 1.807) is 14.0 Å². The number of aromatic nitrogens is 2. The molecule has 1 rings (SSSR count). The highest BCUT2D eigenvalue weighted by Crippen LogP contribution is 2.29. The SMILES string of the molecule is CCNc1nc(NCC(C)COC)cc(C(F)(F)F)n1. The van der Waals surface area contributed by atoms with Gasteiger partial charge in [0.2, 0.25) is 5.95 Å². The summed E-state index contributed by atoms with van der Waals surface area (Å²) in [6, 6.07) is 0.903. The number of hydrogen-bond acceptors (Lipinski definition) is 5. The molecule has 0 saturated heterocycles. The summed E-state index contributed by atoms with van der Waals surface area (Å²) in [6.45, 7) is 5.11. The van der Waals surface area contributed by atoms with E-state index in [4.69, 9.17) is 4.74 Å². The third-order valence-corrected chi connectivity index (χ3v) is 2.43. The van der Waals surface area contributed by atoms with Gasteiger partial charge in [0.25, 0.3) is 0 Å². The minimum Gasteiger partial charge on any atom is -0.384 e. The second kappa shape index (κ2) is 7.28. The molecule has 0 bridgehead atoms. The second-order valence-electron chi connectivity index (χ2n) is 4.43. The first-order chi connectivity index (χ1) is 9.36. The van der Waals surface area contributed by atoms with E-state index < -0.39 is 11.9 Å². The lowest BCUT2D eigenvalue weighted by atomic mass is 10.2. The van der Waals surface area contributed by atoms with Gasteiger partial charge in [-0.3, -0.25) is 0 Å². The standard InChI is InChI=1S/C12H19F3N4O/c1-4-16-11-18-9(12(13,14)15)5-10(19-11)17-6-8(2)7-20-3/h5,8H,4,6-7H2,1-3H3,(H2,16,17,18,19). The van der Waals surface area contributed by atoms with Crippen LogP contribution in [0, 0.1) is 5.92 Å². The summed E-state index contributed by atoms with van der Waals surface area (Å²) in [4.78, 5) is 7.44. The van der Waals surface area contributed by atoms with E-state index in [0.717, 1.165) is 6.07 Å². The Morgan fingerprint density at radius 1 is 1.30 bits per heavy atom. The van der Waals surface area contributed by atoms with Gasteiger partial charge >= 0.3 is 6.18 Å². The van der Waals surface area contributed by atoms with Gasteiger partial charge < -0.3 is 15.4 Å². The van der Waals surface area contributed by atoms with Gasteiger partial charge in [0.15, 0.2) is 5.69 Å². The third-order valence-electron chi connectivity index (χ3n) is 2.43. The Hall–Kier alpha value is -1.57. The van der Waals surface area contributed by atoms with Gasteiger partial charge in [0.1, 0.15) is 5.82 Å². The molecule has 0 fully saturated rings. The summed E-state index contributed by atoms with van der Waals surface area (Å²) in [6.07, 6.45) is -4.50. The third kappa shape index (κ3) is 5.20. The maximum Gasteiger partial charge on any atom is 0.433 e. The first-order valence-electron chi connectivity index (χ1n) is 6.29. The second-order valence-corrected chi connectivity index (χ2v) is 4.43. The van der Waals surface area contributed by atoms with Gasteiger partial charge in [-0.1, -0.05) is 6.92 Å². The number of hydrogen-bond donors (Lipinski definition) is 2. The Morgan fingerprint density at radius 2 is 2.00 bits per heavy atom. The van der Waals surface area contributed by atoms with Crippen LogP contribution in [0.15, 0.2) is 6.07 Å². The van der Waals surface area contributed by atoms with Crippen LogP contribution in [-0.2, 0) is 10.9 Å². The van der Waals surface area contributed by atoms with Crippen molar-refractivity contribution in [2.75, 3.05) is 37.4 Å². The van der Waals surface area contributed by atoms with Crippen LogP contribution in [0.25, 0.3) is 0 Å². The van der Waals surface area contributed by atoms with Crippen LogP contribution in [0.5, 0.6) is 0 Å². The molecule has 0 aliphatic heterocycles. The van der Waals surface area contributed by atoms with Crippen LogP contribution in [0.2, 0.25) is 0 Å². The lowest BCUT2D eigenvalue weighted by molar-refractivity contribution is -0.141. The summed E-state index contributed by atoms with van der Waals surface area (Å²) >= 11 is 0. The van der Waals surface area contributed by atoms with E-state index in [1.165, 1.54) is 0 Å². The summed E-state index contributed by atoms with van der Waals surface area (Å²) in [7, 11) is 1.58. The van der Waals surface area contributed by atoms with Crippen molar-refractivity contribution in [3.05, 3.63) is 11.8 Å². The Bertz CT molecular complexity index is 426. The maximum atomic E-state index is 12.7. The van der Waals surface area contributed by atoms with Crippen LogP contribution < -0.4 is 10.6 Å². The highest BCUT2D eigenvalue weighted by molar-refractivity contribution is 5.43. The Kier molecular flexibility index (Phi) is 6.00. The maximum absolute atomic E-state index is 12.7. The first kappa shape index (κ1) is 16.5. The van der Waals surface area contributed by atoms with Crippen LogP contribution in [-0.4, -0.2) is 36.8 Å². The Balaban J connectivity index is 2.86. The van der Waals surface area contributed by atoms with Crippen molar-refractivity contribution in [1.82, 2.24) is 9.97 Å². The molecule has 114 valence electrons. The number of halogens is 3. The van der Waals surface area contributed by atoms with Gasteiger partial charge in [-0.05, 0) is 12.8 Å². The van der Waals surface area contributed by atoms with Gasteiger partial charge in [-0.2, -0.15) is 18.2 Å². The zero-order valence-corrected chi connectivity index (χ0v) is 11.7. The van der Waals surface area contributed by atoms with E-state index in [-0.39, 0.29) is 17.7 Å². The molecule has 20 heavy (non-hydrogen) atoms. The number of ether oxygens (including phenoxy) is 1. The molecule has 1 unspecified atom stereocenters. The molecule has 0 aliphatic rings. The van der Waals surface area contributed by atoms with Crippen molar-refractivity contribution in [3.63, 3.8) is 0 Å². The van der Waals surface area contributed by atoms with Crippen molar-refractivity contribution >= 4 is 11.8 Å². The highest BCUT2D eigenvalue weighted by atomic mass is 19.4. The molecule has 0 radical (unpaired) electrons. The molecule has 0 aliphatic carbocycles. The van der Waals surface area contributed by atoms with Crippen LogP contribution >= 0.6 is 0 Å². The molecule has 0 spiro atoms. The Morgan fingerprint density at radius 3 is 2.55 bits per heavy atom. The fourth-order valence-electron chi connectivity index (χ4n) is 1.54. The lowest BCUT2D eigenvalue weighted by Gasteiger charge is -2.14. The summed E-state index contributed by atoms with van der Waals surface area (Å²) < 4.78 is 43.2. The summed E-state index contributed by atoms with van der Waals surface area (Å²) in [5, 5.41) is 5.56. The van der Waals surface area contributed by atoms with Gasteiger partial charge in [0.05, 0.1) is 6.61 Å². The molecule has 0 saturated carbocycles. The number of nitrogens with one attached hydrogen (secondary N) is 2. The molecule has 2 N–H and O–H groups in total. The van der Waals surface area contributed by atoms with E-state index in [1.807, 2.05) is 6.92 Å². The number of alkyl halides is 3. The average Bonchev–Trinajstić information content (AvgIpc) is 2.36. The molecule has 0 amide bonds. The largest absolute Gasteiger partial charge is 0.433 e. The fourth-order valence-corrected chi connectivity index (χ4v) is 1.54. The molecule has 1 aromatic heterocycles. The predicted molar refractivity (Wildman–Crippen MR) is 70.7 cm³/mol. The lowest BCUT2D eigenvalue weighted by Crippen LogP contribution is -2.18. The number of anilines is 2. The van der Waals surface area contributed by atoms with Gasteiger partial charge in [0, 0.05) is 26.3 Å². The van der Waals surface area contributed by atoms with E-state index in [0.29, 0.717) is 19.7 Å². The average molecular weight is 292 g/mol. The van der Waals surface area contributed by atoms with Crippen LogP contribution in [0.1, 0.15) is 19.5 Å². The molecule has 1 heterocycles. The van der Waals surface area contributed by atoms with Crippen molar-refractivity contribution in [2.45, 2.75) is 20.0 Å². The number of methoxy groups -OCH3 is 1. The van der Waals surface area contributed by atoms with E-state index in [2.05, 4.69) is 20.6 Å². The van der Waals surface area contributed by atoms with Crippen molar-refractivity contribution in [2.24, 2.45) is 5.92 Å². The van der Waals surface area contributed by atoms with Crippen LogP contribution in [0.4, 0.5) is 24.9 Å².